The molecule has 1 atom stereocenters. The summed E-state index contributed by atoms with van der Waals surface area (Å²) in [6, 6.07) is 18.3. The van der Waals surface area contributed by atoms with Gasteiger partial charge in [-0.1, -0.05) is 55.8 Å². The van der Waals surface area contributed by atoms with Crippen molar-refractivity contribution in [2.24, 2.45) is 0 Å². The van der Waals surface area contributed by atoms with Crippen molar-refractivity contribution in [1.29, 1.82) is 0 Å². The van der Waals surface area contributed by atoms with Crippen molar-refractivity contribution in [3.05, 3.63) is 136 Å². The van der Waals surface area contributed by atoms with E-state index in [1.54, 1.807) is 30.3 Å². The zero-order chi connectivity index (χ0) is 36.0. The van der Waals surface area contributed by atoms with Crippen LogP contribution in [0.5, 0.6) is 5.75 Å². The van der Waals surface area contributed by atoms with E-state index in [-0.39, 0.29) is 23.1 Å². The van der Waals surface area contributed by atoms with Crippen LogP contribution in [-0.4, -0.2) is 30.9 Å². The van der Waals surface area contributed by atoms with E-state index in [9.17, 15) is 40.3 Å². The highest BCUT2D eigenvalue weighted by atomic mass is 19.3. The Morgan fingerprint density at radius 2 is 1.45 bits per heavy atom. The lowest BCUT2D eigenvalue weighted by molar-refractivity contribution is -0.253. The number of amides is 2. The van der Waals surface area contributed by atoms with E-state index in [0.29, 0.717) is 37.2 Å². The number of rotatable bonds is 14. The van der Waals surface area contributed by atoms with E-state index in [1.165, 1.54) is 24.3 Å². The summed E-state index contributed by atoms with van der Waals surface area (Å²) in [6.45, 7) is 2.78. The third-order valence-corrected chi connectivity index (χ3v) is 7.67. The van der Waals surface area contributed by atoms with Crippen molar-refractivity contribution in [1.82, 2.24) is 10.6 Å². The molecule has 0 radical (unpaired) electrons. The van der Waals surface area contributed by atoms with Crippen molar-refractivity contribution in [2.45, 2.75) is 57.1 Å². The molecule has 0 fully saturated rings. The van der Waals surface area contributed by atoms with Gasteiger partial charge in [-0.15, -0.1) is 0 Å². The lowest BCUT2D eigenvalue weighted by Crippen LogP contribution is -2.49. The Morgan fingerprint density at radius 1 is 0.796 bits per heavy atom. The molecule has 4 aromatic carbocycles. The SMILES string of the molecule is CCCCNC(=O)c1ccc([C@@](Cc2ccccc2)(NC(=O)c2ccc(F)c(C(C)(F)F)c2)c2cc(F)cc(OC(F)(F)C(F)F)c2)cc1. The maximum atomic E-state index is 15.2. The molecule has 260 valence electrons. The van der Waals surface area contributed by atoms with Crippen molar-refractivity contribution < 1.29 is 49.4 Å². The average molecular weight is 693 g/mol. The highest BCUT2D eigenvalue weighted by molar-refractivity contribution is 5.96. The number of carbonyl (C=O) groups excluding carboxylic acids is 2. The quantitative estimate of drug-likeness (QED) is 0.103. The molecule has 0 unspecified atom stereocenters. The van der Waals surface area contributed by atoms with Crippen LogP contribution in [0.15, 0.2) is 91.0 Å². The van der Waals surface area contributed by atoms with Crippen molar-refractivity contribution in [3.8, 4) is 5.75 Å². The maximum Gasteiger partial charge on any atom is 0.461 e. The second-order valence-electron chi connectivity index (χ2n) is 11.4. The molecule has 0 aliphatic carbocycles. The molecule has 0 saturated carbocycles. The fourth-order valence-corrected chi connectivity index (χ4v) is 5.19. The van der Waals surface area contributed by atoms with Gasteiger partial charge in [-0.3, -0.25) is 9.59 Å². The molecular formula is C36H32F8N2O3. The summed E-state index contributed by atoms with van der Waals surface area (Å²) in [5, 5.41) is 5.44. The van der Waals surface area contributed by atoms with Crippen LogP contribution in [0.4, 0.5) is 35.1 Å². The van der Waals surface area contributed by atoms with Crippen LogP contribution in [0.25, 0.3) is 0 Å². The first kappa shape index (κ1) is 36.9. The fraction of sp³-hybridized carbons (Fsp3) is 0.278. The minimum Gasteiger partial charge on any atom is -0.428 e. The van der Waals surface area contributed by atoms with Gasteiger partial charge in [0.15, 0.2) is 0 Å². The zero-order valence-corrected chi connectivity index (χ0v) is 26.3. The number of nitrogens with one attached hydrogen (secondary N) is 2. The van der Waals surface area contributed by atoms with Gasteiger partial charge in [0.25, 0.3) is 17.7 Å². The monoisotopic (exact) mass is 692 g/mol. The van der Waals surface area contributed by atoms with Crippen LogP contribution in [0.3, 0.4) is 0 Å². The fourth-order valence-electron chi connectivity index (χ4n) is 5.19. The van der Waals surface area contributed by atoms with Crippen LogP contribution < -0.4 is 15.4 Å². The molecule has 0 aliphatic rings. The minimum absolute atomic E-state index is 0.148. The first-order chi connectivity index (χ1) is 23.1. The standard InChI is InChI=1S/C36H32F8N2O3/c1-3-4-16-45-31(47)23-10-13-25(14-11-23)35(21-22-8-6-5-7-9-22,26-18-27(37)20-28(19-26)49-36(43,44)33(39)40)46-32(48)24-12-15-30(38)29(17-24)34(2,41)42/h5-15,17-20,33H,3-4,16,21H2,1-2H3,(H,45,47)(H,46,48)/t35-/m1/s1. The van der Waals surface area contributed by atoms with E-state index < -0.39 is 64.3 Å². The number of alkyl halides is 6. The van der Waals surface area contributed by atoms with Crippen LogP contribution in [0, 0.1) is 11.6 Å². The molecule has 0 aliphatic heterocycles. The molecule has 5 nitrogen and oxygen atoms in total. The number of hydrogen-bond acceptors (Lipinski definition) is 3. The first-order valence-corrected chi connectivity index (χ1v) is 15.1. The van der Waals surface area contributed by atoms with Gasteiger partial charge in [-0.05, 0) is 65.6 Å². The molecule has 49 heavy (non-hydrogen) atoms. The van der Waals surface area contributed by atoms with E-state index in [2.05, 4.69) is 15.4 Å². The van der Waals surface area contributed by atoms with Gasteiger partial charge in [0, 0.05) is 37.1 Å². The molecule has 0 heterocycles. The normalized spacial score (nSPS) is 13.1. The van der Waals surface area contributed by atoms with Crippen molar-refractivity contribution in [2.75, 3.05) is 6.54 Å². The summed E-state index contributed by atoms with van der Waals surface area (Å²) in [7, 11) is 0. The molecule has 13 heteroatoms. The summed E-state index contributed by atoms with van der Waals surface area (Å²) >= 11 is 0. The number of unbranched alkanes of at least 4 members (excludes halogenated alkanes) is 1. The maximum absolute atomic E-state index is 15.2. The van der Waals surface area contributed by atoms with E-state index in [4.69, 9.17) is 0 Å². The molecule has 2 N–H and O–H groups in total. The van der Waals surface area contributed by atoms with Crippen LogP contribution in [-0.2, 0) is 17.9 Å². The second kappa shape index (κ2) is 15.1. The van der Waals surface area contributed by atoms with Gasteiger partial charge in [0.05, 0.1) is 11.1 Å². The molecular weight excluding hydrogens is 660 g/mol. The summed E-state index contributed by atoms with van der Waals surface area (Å²) < 4.78 is 116. The predicted octanol–water partition coefficient (Wildman–Crippen LogP) is 8.76. The summed E-state index contributed by atoms with van der Waals surface area (Å²) in [5.41, 5.74) is -2.90. The van der Waals surface area contributed by atoms with Crippen LogP contribution >= 0.6 is 0 Å². The van der Waals surface area contributed by atoms with Gasteiger partial charge < -0.3 is 15.4 Å². The topological polar surface area (TPSA) is 67.4 Å². The molecule has 0 aromatic heterocycles. The lowest BCUT2D eigenvalue weighted by atomic mass is 9.77. The molecule has 2 amide bonds. The second-order valence-corrected chi connectivity index (χ2v) is 11.4. The highest BCUT2D eigenvalue weighted by Crippen LogP contribution is 2.39. The molecule has 0 spiro atoms. The van der Waals surface area contributed by atoms with Crippen molar-refractivity contribution >= 4 is 11.8 Å². The molecule has 4 aromatic rings. The summed E-state index contributed by atoms with van der Waals surface area (Å²) in [5.74, 6) is -8.65. The Hall–Kier alpha value is -4.94. The number of benzene rings is 4. The Morgan fingerprint density at radius 3 is 2.06 bits per heavy atom. The highest BCUT2D eigenvalue weighted by Gasteiger charge is 2.45. The van der Waals surface area contributed by atoms with Gasteiger partial charge in [-0.25, -0.2) is 17.6 Å². The van der Waals surface area contributed by atoms with Gasteiger partial charge in [-0.2, -0.15) is 17.6 Å². The summed E-state index contributed by atoms with van der Waals surface area (Å²) in [6.07, 6.45) is -7.98. The number of halogens is 8. The summed E-state index contributed by atoms with van der Waals surface area (Å²) in [4.78, 5) is 26.7. The zero-order valence-electron chi connectivity index (χ0n) is 26.3. The first-order valence-electron chi connectivity index (χ1n) is 15.1. The lowest BCUT2D eigenvalue weighted by Gasteiger charge is -2.37. The van der Waals surface area contributed by atoms with E-state index >= 15 is 4.39 Å². The number of carbonyl (C=O) groups is 2. The Labute approximate surface area is 277 Å². The Balaban J connectivity index is 1.94. The van der Waals surface area contributed by atoms with E-state index in [1.807, 2.05) is 6.92 Å². The van der Waals surface area contributed by atoms with E-state index in [0.717, 1.165) is 31.0 Å². The molecule has 0 saturated heterocycles. The van der Waals surface area contributed by atoms with Gasteiger partial charge in [0.1, 0.15) is 17.4 Å². The van der Waals surface area contributed by atoms with Crippen LogP contribution in [0.1, 0.15) is 69.7 Å². The number of hydrogen-bond donors (Lipinski definition) is 2. The third kappa shape index (κ3) is 8.95. The minimum atomic E-state index is -5.01. The number of ether oxygens (including phenoxy) is 1. The average Bonchev–Trinajstić information content (AvgIpc) is 3.04. The molecule has 4 rings (SSSR count). The third-order valence-electron chi connectivity index (χ3n) is 7.67. The Kier molecular flexibility index (Phi) is 11.4. The van der Waals surface area contributed by atoms with Crippen molar-refractivity contribution in [3.63, 3.8) is 0 Å². The largest absolute Gasteiger partial charge is 0.461 e. The smallest absolute Gasteiger partial charge is 0.428 e. The predicted molar refractivity (Wildman–Crippen MR) is 166 cm³/mol. The molecule has 0 bridgehead atoms. The van der Waals surface area contributed by atoms with Crippen LogP contribution in [0.2, 0.25) is 0 Å². The Bertz CT molecular complexity index is 1760. The van der Waals surface area contributed by atoms with Gasteiger partial charge in [0.2, 0.25) is 0 Å². The van der Waals surface area contributed by atoms with Gasteiger partial charge >= 0.3 is 12.5 Å².